The quantitative estimate of drug-likeness (QED) is 0.742. The van der Waals surface area contributed by atoms with Crippen molar-refractivity contribution in [2.45, 2.75) is 19.8 Å². The van der Waals surface area contributed by atoms with Gasteiger partial charge in [-0.2, -0.15) is 4.98 Å². The van der Waals surface area contributed by atoms with Gasteiger partial charge in [-0.3, -0.25) is 4.79 Å². The van der Waals surface area contributed by atoms with Crippen LogP contribution in [-0.4, -0.2) is 43.7 Å². The molecule has 7 nitrogen and oxygen atoms in total. The van der Waals surface area contributed by atoms with Crippen LogP contribution >= 0.6 is 0 Å². The number of ether oxygens (including phenoxy) is 2. The first kappa shape index (κ1) is 18.5. The van der Waals surface area contributed by atoms with Crippen LogP contribution in [0.3, 0.4) is 0 Å². The molecule has 2 aromatic rings. The highest BCUT2D eigenvalue weighted by Crippen LogP contribution is 2.23. The van der Waals surface area contributed by atoms with E-state index in [1.807, 2.05) is 14.1 Å². The molecule has 0 aliphatic rings. The Morgan fingerprint density at radius 2 is 1.96 bits per heavy atom. The zero-order chi connectivity index (χ0) is 18.2. The molecule has 0 aliphatic carbocycles. The van der Waals surface area contributed by atoms with E-state index in [0.29, 0.717) is 23.7 Å². The van der Waals surface area contributed by atoms with E-state index in [4.69, 9.17) is 9.47 Å². The molecule has 0 unspecified atom stereocenters. The Balaban J connectivity index is 2.09. The average Bonchev–Trinajstić information content (AvgIpc) is 2.62. The molecule has 1 aromatic carbocycles. The van der Waals surface area contributed by atoms with Crippen molar-refractivity contribution in [1.29, 1.82) is 0 Å². The molecule has 0 radical (unpaired) electrons. The van der Waals surface area contributed by atoms with Gasteiger partial charge in [-0.05, 0) is 30.7 Å². The summed E-state index contributed by atoms with van der Waals surface area (Å²) in [5, 5.41) is 2.83. The van der Waals surface area contributed by atoms with Crippen molar-refractivity contribution in [3.05, 3.63) is 36.0 Å². The fourth-order valence-electron chi connectivity index (χ4n) is 2.12. The van der Waals surface area contributed by atoms with Gasteiger partial charge in [0.2, 0.25) is 0 Å². The fourth-order valence-corrected chi connectivity index (χ4v) is 2.12. The number of nitrogens with one attached hydrogen (secondary N) is 1. The Hall–Kier alpha value is -2.83. The smallest absolute Gasteiger partial charge is 0.318 e. The molecule has 2 rings (SSSR count). The Kier molecular flexibility index (Phi) is 6.56. The molecular formula is C18H24N4O3. The minimum atomic E-state index is -0.239. The van der Waals surface area contributed by atoms with Gasteiger partial charge >= 0.3 is 6.01 Å². The van der Waals surface area contributed by atoms with Crippen LogP contribution < -0.4 is 19.7 Å². The Labute approximate surface area is 148 Å². The van der Waals surface area contributed by atoms with E-state index in [1.54, 1.807) is 29.2 Å². The maximum absolute atomic E-state index is 12.5. The largest absolute Gasteiger partial charge is 0.494 e. The molecule has 25 heavy (non-hydrogen) atoms. The maximum atomic E-state index is 12.5. The molecule has 1 heterocycles. The van der Waals surface area contributed by atoms with Crippen LogP contribution in [0.4, 0.5) is 11.5 Å². The topological polar surface area (TPSA) is 76.6 Å². The number of amides is 1. The molecule has 0 saturated heterocycles. The number of hydrogen-bond acceptors (Lipinski definition) is 6. The minimum absolute atomic E-state index is 0.239. The second-order valence-corrected chi connectivity index (χ2v) is 5.67. The van der Waals surface area contributed by atoms with E-state index in [-0.39, 0.29) is 11.9 Å². The van der Waals surface area contributed by atoms with Gasteiger partial charge < -0.3 is 19.7 Å². The van der Waals surface area contributed by atoms with E-state index >= 15 is 0 Å². The molecule has 0 saturated carbocycles. The van der Waals surface area contributed by atoms with Gasteiger partial charge in [-0.1, -0.05) is 13.3 Å². The van der Waals surface area contributed by atoms with Gasteiger partial charge in [0.15, 0.2) is 5.82 Å². The Morgan fingerprint density at radius 3 is 2.56 bits per heavy atom. The summed E-state index contributed by atoms with van der Waals surface area (Å²) < 4.78 is 10.6. The van der Waals surface area contributed by atoms with Crippen molar-refractivity contribution in [1.82, 2.24) is 9.97 Å². The second kappa shape index (κ2) is 8.86. The number of anilines is 2. The summed E-state index contributed by atoms with van der Waals surface area (Å²) in [6.45, 7) is 2.79. The third-order valence-corrected chi connectivity index (χ3v) is 3.48. The van der Waals surface area contributed by atoms with E-state index in [1.165, 1.54) is 13.3 Å². The van der Waals surface area contributed by atoms with E-state index in [2.05, 4.69) is 22.2 Å². The van der Waals surface area contributed by atoms with Gasteiger partial charge in [0.25, 0.3) is 5.91 Å². The number of methoxy groups -OCH3 is 1. The predicted molar refractivity (Wildman–Crippen MR) is 97.7 cm³/mol. The normalized spacial score (nSPS) is 10.2. The van der Waals surface area contributed by atoms with Crippen molar-refractivity contribution < 1.29 is 14.3 Å². The summed E-state index contributed by atoms with van der Waals surface area (Å²) in [4.78, 5) is 22.5. The van der Waals surface area contributed by atoms with Crippen LogP contribution in [-0.2, 0) is 0 Å². The van der Waals surface area contributed by atoms with Gasteiger partial charge in [-0.15, -0.1) is 0 Å². The molecule has 0 aliphatic heterocycles. The Bertz CT molecular complexity index is 702. The zero-order valence-electron chi connectivity index (χ0n) is 15.1. The summed E-state index contributed by atoms with van der Waals surface area (Å²) in [6.07, 6.45) is 3.62. The maximum Gasteiger partial charge on any atom is 0.318 e. The average molecular weight is 344 g/mol. The third-order valence-electron chi connectivity index (χ3n) is 3.48. The number of benzene rings is 1. The van der Waals surface area contributed by atoms with Crippen LogP contribution in [0, 0.1) is 0 Å². The molecule has 0 spiro atoms. The number of hydrogen-bond donors (Lipinski definition) is 1. The van der Waals surface area contributed by atoms with Crippen LogP contribution in [0.2, 0.25) is 0 Å². The molecule has 1 amide bonds. The standard InChI is InChI=1S/C18H24N4O3/c1-5-6-11-25-14-9-7-13(8-10-14)17(23)20-15-12-19-18(24-4)21-16(15)22(2)3/h7-10,12H,5-6,11H2,1-4H3,(H,20,23). The first-order valence-corrected chi connectivity index (χ1v) is 8.17. The lowest BCUT2D eigenvalue weighted by atomic mass is 10.2. The second-order valence-electron chi connectivity index (χ2n) is 5.67. The molecule has 0 atom stereocenters. The predicted octanol–water partition coefficient (Wildman–Crippen LogP) is 2.98. The van der Waals surface area contributed by atoms with Crippen molar-refractivity contribution in [3.63, 3.8) is 0 Å². The van der Waals surface area contributed by atoms with Gasteiger partial charge in [0, 0.05) is 19.7 Å². The number of nitrogens with zero attached hydrogens (tertiary/aromatic N) is 3. The number of rotatable bonds is 8. The SMILES string of the molecule is CCCCOc1ccc(C(=O)Nc2cnc(OC)nc2N(C)C)cc1. The molecule has 7 heteroatoms. The van der Waals surface area contributed by atoms with Crippen molar-refractivity contribution in [3.8, 4) is 11.8 Å². The highest BCUT2D eigenvalue weighted by Gasteiger charge is 2.14. The Morgan fingerprint density at radius 1 is 1.24 bits per heavy atom. The van der Waals surface area contributed by atoms with Crippen molar-refractivity contribution >= 4 is 17.4 Å². The van der Waals surface area contributed by atoms with Crippen LogP contribution in [0.15, 0.2) is 30.5 Å². The lowest BCUT2D eigenvalue weighted by Crippen LogP contribution is -2.18. The third kappa shape index (κ3) is 5.07. The number of carbonyl (C=O) groups excluding carboxylic acids is 1. The number of unbranched alkanes of at least 4 members (excludes halogenated alkanes) is 1. The zero-order valence-corrected chi connectivity index (χ0v) is 15.1. The van der Waals surface area contributed by atoms with Gasteiger partial charge in [0.05, 0.1) is 19.9 Å². The lowest BCUT2D eigenvalue weighted by molar-refractivity contribution is 0.102. The lowest BCUT2D eigenvalue weighted by Gasteiger charge is -2.16. The number of aromatic nitrogens is 2. The molecule has 0 fully saturated rings. The molecule has 1 N–H and O–H groups in total. The van der Waals surface area contributed by atoms with E-state index < -0.39 is 0 Å². The van der Waals surface area contributed by atoms with E-state index in [0.717, 1.165) is 18.6 Å². The summed E-state index contributed by atoms with van der Waals surface area (Å²) in [5.41, 5.74) is 1.04. The van der Waals surface area contributed by atoms with Crippen LogP contribution in [0.5, 0.6) is 11.8 Å². The monoisotopic (exact) mass is 344 g/mol. The number of carbonyl (C=O) groups is 1. The highest BCUT2D eigenvalue weighted by atomic mass is 16.5. The highest BCUT2D eigenvalue weighted by molar-refractivity contribution is 6.05. The first-order valence-electron chi connectivity index (χ1n) is 8.17. The molecular weight excluding hydrogens is 320 g/mol. The molecule has 0 bridgehead atoms. The summed E-state index contributed by atoms with van der Waals surface area (Å²) in [7, 11) is 5.16. The minimum Gasteiger partial charge on any atom is -0.494 e. The van der Waals surface area contributed by atoms with Gasteiger partial charge in [-0.25, -0.2) is 4.98 Å². The fraction of sp³-hybridized carbons (Fsp3) is 0.389. The van der Waals surface area contributed by atoms with E-state index in [9.17, 15) is 4.79 Å². The molecule has 1 aromatic heterocycles. The first-order chi connectivity index (χ1) is 12.0. The van der Waals surface area contributed by atoms with Crippen LogP contribution in [0.1, 0.15) is 30.1 Å². The summed E-state index contributed by atoms with van der Waals surface area (Å²) >= 11 is 0. The molecule has 134 valence electrons. The van der Waals surface area contributed by atoms with Crippen LogP contribution in [0.25, 0.3) is 0 Å². The summed E-state index contributed by atoms with van der Waals surface area (Å²) in [5.74, 6) is 1.09. The van der Waals surface area contributed by atoms with Crippen molar-refractivity contribution in [2.24, 2.45) is 0 Å². The van der Waals surface area contributed by atoms with Crippen molar-refractivity contribution in [2.75, 3.05) is 38.0 Å². The summed E-state index contributed by atoms with van der Waals surface area (Å²) in [6, 6.07) is 7.30. The van der Waals surface area contributed by atoms with Gasteiger partial charge in [0.1, 0.15) is 11.4 Å².